The van der Waals surface area contributed by atoms with E-state index in [2.05, 4.69) is 26.8 Å². The van der Waals surface area contributed by atoms with Gasteiger partial charge in [0.1, 0.15) is 11.6 Å². The Morgan fingerprint density at radius 3 is 2.42 bits per heavy atom. The van der Waals surface area contributed by atoms with Crippen LogP contribution in [-0.4, -0.2) is 33.0 Å². The molecule has 2 heterocycles. The van der Waals surface area contributed by atoms with E-state index in [1.165, 1.54) is 6.20 Å². The molecule has 31 heavy (non-hydrogen) atoms. The van der Waals surface area contributed by atoms with Crippen LogP contribution in [0.4, 0.5) is 5.69 Å². The van der Waals surface area contributed by atoms with Crippen molar-refractivity contribution in [2.24, 2.45) is 0 Å². The van der Waals surface area contributed by atoms with Gasteiger partial charge in [-0.15, -0.1) is 0 Å². The first kappa shape index (κ1) is 22.0. The van der Waals surface area contributed by atoms with Crippen LogP contribution in [0.3, 0.4) is 0 Å². The molecule has 3 rings (SSSR count). The van der Waals surface area contributed by atoms with Crippen molar-refractivity contribution >= 4 is 23.1 Å². The Bertz CT molecular complexity index is 1200. The van der Waals surface area contributed by atoms with Crippen LogP contribution in [0.15, 0.2) is 18.3 Å². The van der Waals surface area contributed by atoms with Gasteiger partial charge in [0.05, 0.1) is 12.7 Å². The van der Waals surface area contributed by atoms with Crippen LogP contribution in [0.5, 0.6) is 0 Å². The predicted molar refractivity (Wildman–Crippen MR) is 118 cm³/mol. The van der Waals surface area contributed by atoms with Crippen molar-refractivity contribution in [1.29, 1.82) is 5.26 Å². The molecule has 0 saturated carbocycles. The summed E-state index contributed by atoms with van der Waals surface area (Å²) < 4.78 is 1.62. The second-order valence-electron chi connectivity index (χ2n) is 7.77. The lowest BCUT2D eigenvalue weighted by molar-refractivity contribution is -0.124. The summed E-state index contributed by atoms with van der Waals surface area (Å²) in [5, 5.41) is 18.9. The SMILES string of the molecule is Cc1cc(C)c(NC(=O)CNC(=O)CCc2c(C)nc3c(C#N)cnn3c2C)c(C)c1. The number of hydrogen-bond acceptors (Lipinski definition) is 5. The first-order chi connectivity index (χ1) is 14.7. The molecule has 160 valence electrons. The Morgan fingerprint density at radius 1 is 1.10 bits per heavy atom. The average molecular weight is 419 g/mol. The smallest absolute Gasteiger partial charge is 0.243 e. The molecule has 0 aliphatic rings. The van der Waals surface area contributed by atoms with Gasteiger partial charge in [-0.2, -0.15) is 10.4 Å². The molecule has 2 aromatic heterocycles. The number of nitrogens with one attached hydrogen (secondary N) is 2. The summed E-state index contributed by atoms with van der Waals surface area (Å²) in [5.41, 5.74) is 7.35. The molecule has 0 aliphatic heterocycles. The van der Waals surface area contributed by atoms with Gasteiger partial charge in [0.25, 0.3) is 0 Å². The highest BCUT2D eigenvalue weighted by molar-refractivity contribution is 5.95. The zero-order valence-electron chi connectivity index (χ0n) is 18.5. The van der Waals surface area contributed by atoms with Gasteiger partial charge in [-0.25, -0.2) is 9.50 Å². The molecule has 3 aromatic rings. The number of carbonyl (C=O) groups is 2. The van der Waals surface area contributed by atoms with Gasteiger partial charge in [-0.05, 0) is 57.7 Å². The molecule has 2 amide bonds. The summed E-state index contributed by atoms with van der Waals surface area (Å²) in [5.74, 6) is -0.482. The number of nitriles is 1. The number of fused-ring (bicyclic) bond motifs is 1. The molecule has 0 aliphatic carbocycles. The summed E-state index contributed by atoms with van der Waals surface area (Å²) in [6.45, 7) is 9.56. The third-order valence-corrected chi connectivity index (χ3v) is 5.32. The van der Waals surface area contributed by atoms with Crippen molar-refractivity contribution in [1.82, 2.24) is 19.9 Å². The lowest BCUT2D eigenvalue weighted by Gasteiger charge is -2.13. The van der Waals surface area contributed by atoms with E-state index in [0.717, 1.165) is 39.3 Å². The van der Waals surface area contributed by atoms with Crippen LogP contribution in [0.1, 0.15) is 45.6 Å². The standard InChI is InChI=1S/C23H26N6O2/c1-13-8-14(2)22(15(3)9-13)28-21(31)12-25-20(30)7-6-19-16(4)27-23-18(10-24)11-26-29(23)17(19)5/h8-9,11H,6-7,12H2,1-5H3,(H,25,30)(H,28,31). The average Bonchev–Trinajstić information content (AvgIpc) is 3.11. The van der Waals surface area contributed by atoms with Gasteiger partial charge in [-0.1, -0.05) is 17.7 Å². The van der Waals surface area contributed by atoms with E-state index in [-0.39, 0.29) is 24.8 Å². The number of hydrogen-bond donors (Lipinski definition) is 2. The molecule has 8 nitrogen and oxygen atoms in total. The maximum atomic E-state index is 12.3. The van der Waals surface area contributed by atoms with Crippen LogP contribution in [0, 0.1) is 45.9 Å². The zero-order valence-corrected chi connectivity index (χ0v) is 18.5. The summed E-state index contributed by atoms with van der Waals surface area (Å²) in [6.07, 6.45) is 2.17. The number of benzene rings is 1. The van der Waals surface area contributed by atoms with Crippen LogP contribution < -0.4 is 10.6 Å². The zero-order chi connectivity index (χ0) is 22.7. The number of aromatic nitrogens is 3. The van der Waals surface area contributed by atoms with Crippen molar-refractivity contribution in [3.8, 4) is 6.07 Å². The minimum Gasteiger partial charge on any atom is -0.347 e. The second kappa shape index (κ2) is 8.96. The lowest BCUT2D eigenvalue weighted by Crippen LogP contribution is -2.33. The molecule has 0 fully saturated rings. The third kappa shape index (κ3) is 4.72. The number of amides is 2. The summed E-state index contributed by atoms with van der Waals surface area (Å²) in [7, 11) is 0. The van der Waals surface area contributed by atoms with Crippen LogP contribution in [0.25, 0.3) is 5.65 Å². The van der Waals surface area contributed by atoms with Crippen molar-refractivity contribution in [3.63, 3.8) is 0 Å². The summed E-state index contributed by atoms with van der Waals surface area (Å²) in [4.78, 5) is 29.1. The Hall–Kier alpha value is -3.73. The van der Waals surface area contributed by atoms with E-state index in [0.29, 0.717) is 17.6 Å². The van der Waals surface area contributed by atoms with Crippen LogP contribution >= 0.6 is 0 Å². The van der Waals surface area contributed by atoms with Gasteiger partial charge in [0.15, 0.2) is 5.65 Å². The monoisotopic (exact) mass is 418 g/mol. The minimum absolute atomic E-state index is 0.0917. The van der Waals surface area contributed by atoms with Gasteiger partial charge in [0.2, 0.25) is 11.8 Å². The highest BCUT2D eigenvalue weighted by Crippen LogP contribution is 2.22. The maximum Gasteiger partial charge on any atom is 0.243 e. The Morgan fingerprint density at radius 2 is 1.77 bits per heavy atom. The van der Waals surface area contributed by atoms with Gasteiger partial charge in [0, 0.05) is 23.5 Å². The molecule has 8 heteroatoms. The fourth-order valence-corrected chi connectivity index (χ4v) is 3.82. The quantitative estimate of drug-likeness (QED) is 0.639. The molecule has 1 aromatic carbocycles. The summed E-state index contributed by atoms with van der Waals surface area (Å²) >= 11 is 0. The molecule has 2 N–H and O–H groups in total. The lowest BCUT2D eigenvalue weighted by atomic mass is 10.1. The fraction of sp³-hybridized carbons (Fsp3) is 0.348. The molecule has 0 unspecified atom stereocenters. The molecule has 0 bridgehead atoms. The third-order valence-electron chi connectivity index (χ3n) is 5.32. The number of aryl methyl sites for hydroxylation is 5. The molecule has 0 radical (unpaired) electrons. The first-order valence-electron chi connectivity index (χ1n) is 10.1. The predicted octanol–water partition coefficient (Wildman–Crippen LogP) is 2.83. The van der Waals surface area contributed by atoms with E-state index in [1.54, 1.807) is 4.52 Å². The van der Waals surface area contributed by atoms with Gasteiger partial charge in [-0.3, -0.25) is 9.59 Å². The number of anilines is 1. The van der Waals surface area contributed by atoms with E-state index >= 15 is 0 Å². The molecular formula is C23H26N6O2. The maximum absolute atomic E-state index is 12.3. The van der Waals surface area contributed by atoms with Crippen molar-refractivity contribution in [2.75, 3.05) is 11.9 Å². The summed E-state index contributed by atoms with van der Waals surface area (Å²) in [6, 6.07) is 6.10. The van der Waals surface area contributed by atoms with E-state index < -0.39 is 0 Å². The first-order valence-corrected chi connectivity index (χ1v) is 10.1. The van der Waals surface area contributed by atoms with E-state index in [4.69, 9.17) is 5.26 Å². The second-order valence-corrected chi connectivity index (χ2v) is 7.77. The number of carbonyl (C=O) groups excluding carboxylic acids is 2. The van der Waals surface area contributed by atoms with Gasteiger partial charge >= 0.3 is 0 Å². The number of nitrogens with zero attached hydrogens (tertiary/aromatic N) is 4. The largest absolute Gasteiger partial charge is 0.347 e. The van der Waals surface area contributed by atoms with E-state index in [9.17, 15) is 9.59 Å². The van der Waals surface area contributed by atoms with Crippen LogP contribution in [-0.2, 0) is 16.0 Å². The highest BCUT2D eigenvalue weighted by Gasteiger charge is 2.15. The molecular weight excluding hydrogens is 392 g/mol. The van der Waals surface area contributed by atoms with E-state index in [1.807, 2.05) is 46.8 Å². The van der Waals surface area contributed by atoms with Crippen LogP contribution in [0.2, 0.25) is 0 Å². The normalized spacial score (nSPS) is 10.7. The molecule has 0 spiro atoms. The molecule has 0 atom stereocenters. The number of rotatable bonds is 6. The Balaban J connectivity index is 1.59. The van der Waals surface area contributed by atoms with Crippen molar-refractivity contribution < 1.29 is 9.59 Å². The molecule has 0 saturated heterocycles. The topological polar surface area (TPSA) is 112 Å². The highest BCUT2D eigenvalue weighted by atomic mass is 16.2. The van der Waals surface area contributed by atoms with Gasteiger partial charge < -0.3 is 10.6 Å². The Kier molecular flexibility index (Phi) is 6.35. The van der Waals surface area contributed by atoms with Crippen molar-refractivity contribution in [3.05, 3.63) is 57.5 Å². The van der Waals surface area contributed by atoms with Crippen molar-refractivity contribution in [2.45, 2.75) is 47.5 Å². The fourth-order valence-electron chi connectivity index (χ4n) is 3.82. The Labute approximate surface area is 181 Å². The minimum atomic E-state index is -0.264.